The average molecular weight is 475 g/mol. The first kappa shape index (κ1) is 22.3. The van der Waals surface area contributed by atoms with Crippen molar-refractivity contribution >= 4 is 55.4 Å². The molecule has 1 aliphatic heterocycles. The molecule has 3 rings (SSSR count). The molecule has 2 aromatic rings. The number of nitro groups is 1. The van der Waals surface area contributed by atoms with Crippen molar-refractivity contribution in [3.63, 3.8) is 0 Å². The number of nitrogens with one attached hydrogen (secondary N) is 1. The second-order valence-corrected chi connectivity index (χ2v) is 9.95. The molecule has 1 aromatic carbocycles. The predicted octanol–water partition coefficient (Wildman–Crippen LogP) is 2.35. The summed E-state index contributed by atoms with van der Waals surface area (Å²) in [4.78, 5) is 23.8. The Hall–Kier alpha value is -2.35. The molecular weight excluding hydrogens is 456 g/mol. The van der Waals surface area contributed by atoms with E-state index in [2.05, 4.69) is 15.5 Å². The molecule has 162 valence electrons. The summed E-state index contributed by atoms with van der Waals surface area (Å²) in [5, 5.41) is 21.2. The van der Waals surface area contributed by atoms with Crippen LogP contribution in [0.1, 0.15) is 19.8 Å². The molecule has 0 radical (unpaired) electrons. The van der Waals surface area contributed by atoms with Gasteiger partial charge in [0.05, 0.1) is 15.6 Å². The third-order valence-corrected chi connectivity index (χ3v) is 7.80. The highest BCUT2D eigenvalue weighted by molar-refractivity contribution is 7.91. The second kappa shape index (κ2) is 9.20. The number of carbonyl (C=O) groups excluding carboxylic acids is 1. The van der Waals surface area contributed by atoms with Crippen LogP contribution in [0.3, 0.4) is 0 Å². The van der Waals surface area contributed by atoms with Crippen LogP contribution in [-0.2, 0) is 14.8 Å². The van der Waals surface area contributed by atoms with Crippen molar-refractivity contribution < 1.29 is 18.1 Å². The molecule has 1 aromatic heterocycles. The second-order valence-electron chi connectivity index (χ2n) is 6.46. The van der Waals surface area contributed by atoms with Crippen molar-refractivity contribution in [1.29, 1.82) is 0 Å². The van der Waals surface area contributed by atoms with Gasteiger partial charge in [-0.3, -0.25) is 14.9 Å². The predicted molar refractivity (Wildman–Crippen MR) is 113 cm³/mol. The van der Waals surface area contributed by atoms with Crippen LogP contribution < -0.4 is 10.2 Å². The lowest BCUT2D eigenvalue weighted by molar-refractivity contribution is -0.384. The van der Waals surface area contributed by atoms with Gasteiger partial charge in [-0.25, -0.2) is 8.42 Å². The number of nitro benzene ring substituents is 1. The molecule has 0 saturated carbocycles. The summed E-state index contributed by atoms with van der Waals surface area (Å²) in [6, 6.07) is 4.19. The maximum atomic E-state index is 12.8. The van der Waals surface area contributed by atoms with Gasteiger partial charge in [0.2, 0.25) is 15.4 Å². The van der Waals surface area contributed by atoms with E-state index in [4.69, 9.17) is 11.6 Å². The van der Waals surface area contributed by atoms with E-state index >= 15 is 0 Å². The van der Waals surface area contributed by atoms with Gasteiger partial charge in [0.25, 0.3) is 15.7 Å². The Morgan fingerprint density at radius 3 is 2.60 bits per heavy atom. The number of non-ortho nitro benzene ring substituents is 1. The maximum absolute atomic E-state index is 12.8. The maximum Gasteiger partial charge on any atom is 0.272 e. The van der Waals surface area contributed by atoms with Crippen molar-refractivity contribution in [2.75, 3.05) is 36.4 Å². The summed E-state index contributed by atoms with van der Waals surface area (Å²) in [7, 11) is -3.84. The van der Waals surface area contributed by atoms with Crippen LogP contribution in [0.15, 0.2) is 22.5 Å². The van der Waals surface area contributed by atoms with Crippen molar-refractivity contribution in [3.8, 4) is 0 Å². The Morgan fingerprint density at radius 2 is 2.00 bits per heavy atom. The van der Waals surface area contributed by atoms with E-state index in [1.165, 1.54) is 16.4 Å². The smallest absolute Gasteiger partial charge is 0.272 e. The van der Waals surface area contributed by atoms with Gasteiger partial charge in [-0.05, 0) is 12.5 Å². The highest BCUT2D eigenvalue weighted by atomic mass is 35.5. The van der Waals surface area contributed by atoms with Crippen LogP contribution in [0.5, 0.6) is 0 Å². The van der Waals surface area contributed by atoms with E-state index in [-0.39, 0.29) is 39.2 Å². The Labute approximate surface area is 181 Å². The number of halogens is 1. The lowest BCUT2D eigenvalue weighted by Crippen LogP contribution is -2.48. The van der Waals surface area contributed by atoms with Gasteiger partial charge < -0.3 is 10.2 Å². The van der Waals surface area contributed by atoms with Crippen LogP contribution in [0.2, 0.25) is 5.02 Å². The van der Waals surface area contributed by atoms with E-state index in [0.717, 1.165) is 11.3 Å². The zero-order valence-corrected chi connectivity index (χ0v) is 18.3. The van der Waals surface area contributed by atoms with Gasteiger partial charge in [-0.2, -0.15) is 4.31 Å². The first-order valence-electron chi connectivity index (χ1n) is 9.04. The largest absolute Gasteiger partial charge is 0.368 e. The molecule has 1 fully saturated rings. The Kier molecular flexibility index (Phi) is 6.85. The number of nitrogens with zero attached hydrogens (tertiary/aromatic N) is 5. The monoisotopic (exact) mass is 474 g/mol. The van der Waals surface area contributed by atoms with E-state index in [9.17, 15) is 23.3 Å². The zero-order chi connectivity index (χ0) is 21.9. The van der Waals surface area contributed by atoms with E-state index in [1.54, 1.807) is 6.07 Å². The minimum absolute atomic E-state index is 0.108. The van der Waals surface area contributed by atoms with Gasteiger partial charge in [0.15, 0.2) is 0 Å². The number of benzene rings is 1. The summed E-state index contributed by atoms with van der Waals surface area (Å²) in [6.45, 7) is 2.95. The molecule has 1 amide bonds. The fourth-order valence-corrected chi connectivity index (χ4v) is 5.69. The molecule has 30 heavy (non-hydrogen) atoms. The molecule has 2 heterocycles. The number of amides is 1. The first-order chi connectivity index (χ1) is 14.2. The molecule has 1 N–H and O–H groups in total. The van der Waals surface area contributed by atoms with Crippen molar-refractivity contribution in [1.82, 2.24) is 14.5 Å². The molecule has 11 nitrogen and oxygen atoms in total. The normalized spacial score (nSPS) is 15.2. The number of anilines is 2. The van der Waals surface area contributed by atoms with Gasteiger partial charge in [0, 0.05) is 44.7 Å². The van der Waals surface area contributed by atoms with Crippen LogP contribution in [0, 0.1) is 10.1 Å². The molecular formula is C16H19ClN6O5S2. The number of hydrogen-bond donors (Lipinski definition) is 1. The number of aromatic nitrogens is 2. The van der Waals surface area contributed by atoms with E-state index < -0.39 is 14.9 Å². The summed E-state index contributed by atoms with van der Waals surface area (Å²) < 4.78 is 26.8. The average Bonchev–Trinajstić information content (AvgIpc) is 3.17. The quantitative estimate of drug-likeness (QED) is 0.366. The fourth-order valence-electron chi connectivity index (χ4n) is 2.92. The van der Waals surface area contributed by atoms with Crippen molar-refractivity contribution in [2.45, 2.75) is 24.1 Å². The molecule has 0 bridgehead atoms. The summed E-state index contributed by atoms with van der Waals surface area (Å²) in [5.41, 5.74) is 0.499. The van der Waals surface area contributed by atoms with Gasteiger partial charge >= 0.3 is 0 Å². The summed E-state index contributed by atoms with van der Waals surface area (Å²) in [6.07, 6.45) is 0.980. The standard InChI is InChI=1S/C16H19ClN6O5S2/c1-2-3-14(24)18-15-19-20-16(29-15)30(27,28)22-8-6-21(7-9-22)13-5-4-11(23(25)26)10-12(13)17/h4-5,10H,2-3,6-9H2,1H3,(H,18,19,24). The summed E-state index contributed by atoms with van der Waals surface area (Å²) >= 11 is 6.98. The number of piperazine rings is 1. The summed E-state index contributed by atoms with van der Waals surface area (Å²) in [5.74, 6) is -0.244. The van der Waals surface area contributed by atoms with Crippen LogP contribution in [-0.4, -0.2) is 59.9 Å². The van der Waals surface area contributed by atoms with Gasteiger partial charge in [-0.1, -0.05) is 29.9 Å². The van der Waals surface area contributed by atoms with Crippen LogP contribution in [0.25, 0.3) is 0 Å². The molecule has 0 spiro atoms. The van der Waals surface area contributed by atoms with E-state index in [1.807, 2.05) is 11.8 Å². The molecule has 0 atom stereocenters. The van der Waals surface area contributed by atoms with E-state index in [0.29, 0.717) is 31.6 Å². The molecule has 14 heteroatoms. The zero-order valence-electron chi connectivity index (χ0n) is 15.9. The molecule has 0 aliphatic carbocycles. The third kappa shape index (κ3) is 4.86. The third-order valence-electron chi connectivity index (χ3n) is 4.41. The molecule has 1 aliphatic rings. The van der Waals surface area contributed by atoms with Crippen molar-refractivity contribution in [2.24, 2.45) is 0 Å². The van der Waals surface area contributed by atoms with Gasteiger partial charge in [-0.15, -0.1) is 10.2 Å². The lowest BCUT2D eigenvalue weighted by atomic mass is 10.2. The minimum Gasteiger partial charge on any atom is -0.368 e. The Balaban J connectivity index is 1.66. The number of hydrogen-bond acceptors (Lipinski definition) is 9. The highest BCUT2D eigenvalue weighted by Gasteiger charge is 2.32. The topological polar surface area (TPSA) is 139 Å². The SMILES string of the molecule is CCCC(=O)Nc1nnc(S(=O)(=O)N2CCN(c3ccc([N+](=O)[O-])cc3Cl)CC2)s1. The molecule has 0 unspecified atom stereocenters. The fraction of sp³-hybridized carbons (Fsp3) is 0.438. The Bertz CT molecular complexity index is 1050. The lowest BCUT2D eigenvalue weighted by Gasteiger charge is -2.35. The number of rotatable bonds is 7. The Morgan fingerprint density at radius 1 is 1.30 bits per heavy atom. The highest BCUT2D eigenvalue weighted by Crippen LogP contribution is 2.31. The minimum atomic E-state index is -3.84. The number of carbonyl (C=O) groups is 1. The van der Waals surface area contributed by atoms with Gasteiger partial charge in [0.1, 0.15) is 0 Å². The molecule has 1 saturated heterocycles. The van der Waals surface area contributed by atoms with Crippen molar-refractivity contribution in [3.05, 3.63) is 33.3 Å². The number of sulfonamides is 1. The first-order valence-corrected chi connectivity index (χ1v) is 11.7. The van der Waals surface area contributed by atoms with Crippen LogP contribution >= 0.6 is 22.9 Å². The van der Waals surface area contributed by atoms with Crippen LogP contribution in [0.4, 0.5) is 16.5 Å².